The zero-order chi connectivity index (χ0) is 12.3. The first-order valence-electron chi connectivity index (χ1n) is 4.16. The molecule has 4 nitrogen and oxygen atoms in total. The number of carbonyl (C=O) groups is 1. The van der Waals surface area contributed by atoms with E-state index in [1.54, 1.807) is 0 Å². The maximum Gasteiger partial charge on any atom is 0.354 e. The van der Waals surface area contributed by atoms with Crippen molar-refractivity contribution in [1.29, 1.82) is 0 Å². The van der Waals surface area contributed by atoms with Gasteiger partial charge in [-0.05, 0) is 6.07 Å². The summed E-state index contributed by atoms with van der Waals surface area (Å²) < 4.78 is 30.0. The number of carboxylic acids is 1. The van der Waals surface area contributed by atoms with Crippen molar-refractivity contribution in [3.05, 3.63) is 23.0 Å². The highest BCUT2D eigenvalue weighted by molar-refractivity contribution is 6.17. The van der Waals surface area contributed by atoms with Gasteiger partial charge < -0.3 is 9.84 Å². The van der Waals surface area contributed by atoms with E-state index in [0.717, 1.165) is 6.07 Å². The molecule has 0 radical (unpaired) electrons. The Balaban J connectivity index is 3.43. The fourth-order valence-electron chi connectivity index (χ4n) is 1.21. The Bertz CT molecular complexity index is 412. The van der Waals surface area contributed by atoms with Crippen LogP contribution in [0.15, 0.2) is 6.07 Å². The normalized spacial score (nSPS) is 10.6. The Morgan fingerprint density at radius 3 is 2.69 bits per heavy atom. The number of alkyl halides is 3. The van der Waals surface area contributed by atoms with Gasteiger partial charge in [0.25, 0.3) is 6.43 Å². The summed E-state index contributed by atoms with van der Waals surface area (Å²) in [5.41, 5.74) is -1.02. The van der Waals surface area contributed by atoms with E-state index >= 15 is 0 Å². The average Bonchev–Trinajstić information content (AvgIpc) is 2.26. The van der Waals surface area contributed by atoms with Crippen LogP contribution in [0.1, 0.15) is 28.2 Å². The largest absolute Gasteiger partial charge is 0.494 e. The Morgan fingerprint density at radius 2 is 2.31 bits per heavy atom. The van der Waals surface area contributed by atoms with Gasteiger partial charge in [0, 0.05) is 0 Å². The lowest BCUT2D eigenvalue weighted by Crippen LogP contribution is -2.07. The van der Waals surface area contributed by atoms with Gasteiger partial charge in [-0.1, -0.05) is 0 Å². The second kappa shape index (κ2) is 5.07. The highest BCUT2D eigenvalue weighted by Gasteiger charge is 2.21. The molecule has 1 heterocycles. The second-order valence-corrected chi connectivity index (χ2v) is 3.08. The third-order valence-electron chi connectivity index (χ3n) is 1.86. The van der Waals surface area contributed by atoms with Crippen molar-refractivity contribution in [2.75, 3.05) is 7.11 Å². The Morgan fingerprint density at radius 1 is 1.69 bits per heavy atom. The number of ether oxygens (including phenoxy) is 1. The van der Waals surface area contributed by atoms with Crippen LogP contribution in [-0.2, 0) is 5.88 Å². The van der Waals surface area contributed by atoms with Crippen LogP contribution in [0.25, 0.3) is 0 Å². The second-order valence-electron chi connectivity index (χ2n) is 2.82. The van der Waals surface area contributed by atoms with Gasteiger partial charge in [0.2, 0.25) is 0 Å². The number of rotatable bonds is 4. The molecule has 1 aromatic rings. The molecule has 16 heavy (non-hydrogen) atoms. The van der Waals surface area contributed by atoms with Crippen molar-refractivity contribution in [1.82, 2.24) is 4.98 Å². The van der Waals surface area contributed by atoms with Crippen LogP contribution in [0.5, 0.6) is 5.75 Å². The molecule has 1 N–H and O–H groups in total. The van der Waals surface area contributed by atoms with Crippen molar-refractivity contribution in [2.24, 2.45) is 0 Å². The lowest BCUT2D eigenvalue weighted by Gasteiger charge is -2.11. The first kappa shape index (κ1) is 12.6. The molecule has 0 unspecified atom stereocenters. The van der Waals surface area contributed by atoms with E-state index in [2.05, 4.69) is 4.98 Å². The van der Waals surface area contributed by atoms with Crippen molar-refractivity contribution in [2.45, 2.75) is 12.3 Å². The molecule has 0 fully saturated rings. The minimum Gasteiger partial charge on any atom is -0.494 e. The summed E-state index contributed by atoms with van der Waals surface area (Å²) in [6.45, 7) is 0. The van der Waals surface area contributed by atoms with Crippen molar-refractivity contribution in [3.63, 3.8) is 0 Å². The Hall–Kier alpha value is -1.43. The number of methoxy groups -OCH3 is 1. The zero-order valence-electron chi connectivity index (χ0n) is 8.21. The molecule has 0 spiro atoms. The molecule has 0 saturated heterocycles. The molecule has 1 rings (SSSR count). The number of nitrogens with zero attached hydrogens (tertiary/aromatic N) is 1. The summed E-state index contributed by atoms with van der Waals surface area (Å²) >= 11 is 5.48. The molecule has 0 saturated carbocycles. The standard InChI is InChI=1S/C9H8ClF2NO3/c1-16-7-4(8(11)12)2-5(9(14)15)13-6(7)3-10/h2,8H,3H2,1H3,(H,14,15). The highest BCUT2D eigenvalue weighted by Crippen LogP contribution is 2.32. The molecule has 0 amide bonds. The van der Waals surface area contributed by atoms with E-state index in [1.165, 1.54) is 7.11 Å². The van der Waals surface area contributed by atoms with Gasteiger partial charge in [0.1, 0.15) is 5.69 Å². The molecule has 0 aliphatic heterocycles. The van der Waals surface area contributed by atoms with Gasteiger partial charge in [-0.15, -0.1) is 11.6 Å². The predicted molar refractivity (Wildman–Crippen MR) is 52.3 cm³/mol. The van der Waals surface area contributed by atoms with Crippen molar-refractivity contribution < 1.29 is 23.4 Å². The maximum atomic E-state index is 12.6. The fourth-order valence-corrected chi connectivity index (χ4v) is 1.39. The van der Waals surface area contributed by atoms with Gasteiger partial charge in [0.05, 0.1) is 24.2 Å². The predicted octanol–water partition coefficient (Wildman–Crippen LogP) is 2.46. The zero-order valence-corrected chi connectivity index (χ0v) is 8.96. The number of halogens is 3. The van der Waals surface area contributed by atoms with Crippen LogP contribution in [0, 0.1) is 0 Å². The monoisotopic (exact) mass is 251 g/mol. The Labute approximate surface area is 94.8 Å². The van der Waals surface area contributed by atoms with Crippen LogP contribution in [-0.4, -0.2) is 23.2 Å². The van der Waals surface area contributed by atoms with E-state index in [0.29, 0.717) is 0 Å². The average molecular weight is 252 g/mol. The molecular formula is C9H8ClF2NO3. The number of carboxylic acid groups (broad SMARTS) is 1. The van der Waals surface area contributed by atoms with Crippen molar-refractivity contribution in [3.8, 4) is 5.75 Å². The van der Waals surface area contributed by atoms with Gasteiger partial charge in [-0.25, -0.2) is 18.6 Å². The summed E-state index contributed by atoms with van der Waals surface area (Å²) in [5, 5.41) is 8.68. The number of aromatic nitrogens is 1. The van der Waals surface area contributed by atoms with E-state index in [9.17, 15) is 13.6 Å². The first-order valence-corrected chi connectivity index (χ1v) is 4.70. The molecule has 88 valence electrons. The van der Waals surface area contributed by atoms with Crippen molar-refractivity contribution >= 4 is 17.6 Å². The number of hydrogen-bond donors (Lipinski definition) is 1. The molecule has 0 aliphatic carbocycles. The maximum absolute atomic E-state index is 12.6. The van der Waals surface area contributed by atoms with E-state index in [4.69, 9.17) is 21.4 Å². The lowest BCUT2D eigenvalue weighted by atomic mass is 10.1. The van der Waals surface area contributed by atoms with E-state index < -0.39 is 23.7 Å². The first-order chi connectivity index (χ1) is 7.51. The minimum absolute atomic E-state index is 0.0145. The van der Waals surface area contributed by atoms with Gasteiger partial charge in [0.15, 0.2) is 5.75 Å². The quantitative estimate of drug-likeness (QED) is 0.835. The fraction of sp³-hybridized carbons (Fsp3) is 0.333. The van der Waals surface area contributed by atoms with E-state index in [1.807, 2.05) is 0 Å². The third kappa shape index (κ3) is 2.38. The molecular weight excluding hydrogens is 244 g/mol. The lowest BCUT2D eigenvalue weighted by molar-refractivity contribution is 0.0689. The van der Waals surface area contributed by atoms with Crippen LogP contribution >= 0.6 is 11.6 Å². The topological polar surface area (TPSA) is 59.4 Å². The number of pyridine rings is 1. The smallest absolute Gasteiger partial charge is 0.354 e. The molecule has 1 aromatic heterocycles. The molecule has 0 bridgehead atoms. The Kier molecular flexibility index (Phi) is 4.00. The van der Waals surface area contributed by atoms with Crippen LogP contribution in [0.3, 0.4) is 0 Å². The van der Waals surface area contributed by atoms with E-state index in [-0.39, 0.29) is 17.3 Å². The summed E-state index contributed by atoms with van der Waals surface area (Å²) in [6.07, 6.45) is -2.85. The summed E-state index contributed by atoms with van der Waals surface area (Å²) in [5.74, 6) is -1.77. The number of aromatic carboxylic acids is 1. The minimum atomic E-state index is -2.85. The summed E-state index contributed by atoms with van der Waals surface area (Å²) in [6, 6.07) is 0.780. The molecule has 7 heteroatoms. The summed E-state index contributed by atoms with van der Waals surface area (Å²) in [7, 11) is 1.19. The SMILES string of the molecule is COc1c(C(F)F)cc(C(=O)O)nc1CCl. The molecule has 0 atom stereocenters. The van der Waals surface area contributed by atoms with Crippen LogP contribution in [0.4, 0.5) is 8.78 Å². The molecule has 0 aliphatic rings. The third-order valence-corrected chi connectivity index (χ3v) is 2.11. The summed E-state index contributed by atoms with van der Waals surface area (Å²) in [4.78, 5) is 14.3. The highest BCUT2D eigenvalue weighted by atomic mass is 35.5. The van der Waals surface area contributed by atoms with Gasteiger partial charge in [-0.2, -0.15) is 0 Å². The molecule has 0 aromatic carbocycles. The van der Waals surface area contributed by atoms with Crippen LogP contribution in [0.2, 0.25) is 0 Å². The van der Waals surface area contributed by atoms with Crippen LogP contribution < -0.4 is 4.74 Å². The van der Waals surface area contributed by atoms with Gasteiger partial charge in [-0.3, -0.25) is 0 Å². The van der Waals surface area contributed by atoms with Gasteiger partial charge >= 0.3 is 5.97 Å². The number of hydrogen-bond acceptors (Lipinski definition) is 3.